The predicted molar refractivity (Wildman–Crippen MR) is 242 cm³/mol. The van der Waals surface area contributed by atoms with Gasteiger partial charge in [-0.2, -0.15) is 0 Å². The van der Waals surface area contributed by atoms with Crippen molar-refractivity contribution in [1.29, 1.82) is 0 Å². The van der Waals surface area contributed by atoms with E-state index in [0.717, 1.165) is 72.8 Å². The Bertz CT molecular complexity index is 2820. The molecule has 0 spiro atoms. The number of hydrogen-bond acceptors (Lipinski definition) is 16. The predicted octanol–water partition coefficient (Wildman–Crippen LogP) is 8.01. The quantitative estimate of drug-likeness (QED) is 0.0743. The van der Waals surface area contributed by atoms with Gasteiger partial charge in [-0.1, -0.05) is 24.3 Å². The van der Waals surface area contributed by atoms with Crippen molar-refractivity contribution in [1.82, 2.24) is 0 Å². The fraction of sp³-hybridized carbons (Fsp3) is 0.0769. The molecule has 0 aromatic heterocycles. The minimum Gasteiger partial charge on any atom is -0.507 e. The summed E-state index contributed by atoms with van der Waals surface area (Å²) < 4.78 is 0. The molecule has 0 heterocycles. The van der Waals surface area contributed by atoms with Crippen LogP contribution < -0.4 is 0 Å². The van der Waals surface area contributed by atoms with Gasteiger partial charge in [0.25, 0.3) is 0 Å². The van der Waals surface area contributed by atoms with Crippen LogP contribution in [0.15, 0.2) is 121 Å². The Morgan fingerprint density at radius 3 is 0.471 bits per heavy atom. The summed E-state index contributed by atoms with van der Waals surface area (Å²) >= 11 is 0. The number of phenols is 16. The van der Waals surface area contributed by atoms with E-state index in [-0.39, 0.29) is 66.8 Å². The van der Waals surface area contributed by atoms with Crippen LogP contribution in [0.2, 0.25) is 0 Å². The summed E-state index contributed by atoms with van der Waals surface area (Å²) in [5.41, 5.74) is -0.495. The van der Waals surface area contributed by atoms with Crippen LogP contribution in [0.3, 0.4) is 0 Å². The van der Waals surface area contributed by atoms with Crippen molar-refractivity contribution < 1.29 is 81.7 Å². The zero-order valence-corrected chi connectivity index (χ0v) is 35.0. The molecule has 0 saturated carbocycles. The van der Waals surface area contributed by atoms with Crippen LogP contribution in [-0.4, -0.2) is 81.7 Å². The van der Waals surface area contributed by atoms with Crippen LogP contribution >= 0.6 is 0 Å². The maximum Gasteiger partial charge on any atom is 0.157 e. The van der Waals surface area contributed by atoms with Gasteiger partial charge in [-0.25, -0.2) is 0 Å². The minimum absolute atomic E-state index is 0.0995. The highest BCUT2D eigenvalue weighted by Crippen LogP contribution is 2.55. The minimum atomic E-state index is -1.41. The largest absolute Gasteiger partial charge is 0.507 e. The van der Waals surface area contributed by atoms with Gasteiger partial charge in [-0.15, -0.1) is 0 Å². The maximum absolute atomic E-state index is 11.9. The van der Waals surface area contributed by atoms with Gasteiger partial charge in [-0.3, -0.25) is 0 Å². The van der Waals surface area contributed by atoms with E-state index in [9.17, 15) is 81.7 Å². The van der Waals surface area contributed by atoms with Gasteiger partial charge in [0.2, 0.25) is 0 Å². The zero-order chi connectivity index (χ0) is 48.6. The van der Waals surface area contributed by atoms with Crippen LogP contribution in [0.1, 0.15) is 90.4 Å². The number of rotatable bonds is 4. The lowest BCUT2D eigenvalue weighted by Crippen LogP contribution is -2.13. The van der Waals surface area contributed by atoms with Crippen LogP contribution in [0.5, 0.6) is 92.0 Å². The molecule has 68 heavy (non-hydrogen) atoms. The Balaban J connectivity index is 1.50. The Hall–Kier alpha value is -9.44. The lowest BCUT2D eigenvalue weighted by atomic mass is 9.75. The first kappa shape index (κ1) is 43.8. The molecule has 0 unspecified atom stereocenters. The standard InChI is InChI=1S/C52H40O16/c53-33-5-1-21(9-45(33)65)49-25-13-27(39(59)17-37(25)57)50(22-2-6-34(54)46(66)10-22)29-15-31(43(63)19-41(29)61)52(24-4-8-36(56)48(68)12-24)32-16-30(42(62)20-44(32)64)51(23-3-7-35(55)47(67)11-23)28-14-26(49)38(58)18-40(28)60/h1-20,49-68H. The van der Waals surface area contributed by atoms with Crippen molar-refractivity contribution in [3.05, 3.63) is 188 Å². The summed E-state index contributed by atoms with van der Waals surface area (Å²) in [6, 6.07) is 23.5. The molecule has 1 aliphatic rings. The van der Waals surface area contributed by atoms with E-state index in [4.69, 9.17) is 0 Å². The van der Waals surface area contributed by atoms with Gasteiger partial charge in [0, 0.05) is 92.4 Å². The van der Waals surface area contributed by atoms with Gasteiger partial charge < -0.3 is 81.7 Å². The summed E-state index contributed by atoms with van der Waals surface area (Å²) in [5, 5.41) is 180. The van der Waals surface area contributed by atoms with Crippen molar-refractivity contribution in [3.63, 3.8) is 0 Å². The molecule has 344 valence electrons. The number of fused-ring (bicyclic) bond motifs is 8. The molecule has 0 radical (unpaired) electrons. The van der Waals surface area contributed by atoms with Crippen molar-refractivity contribution in [2.75, 3.05) is 0 Å². The highest BCUT2D eigenvalue weighted by molar-refractivity contribution is 5.68. The van der Waals surface area contributed by atoms with Crippen molar-refractivity contribution in [2.24, 2.45) is 0 Å². The summed E-state index contributed by atoms with van der Waals surface area (Å²) in [5.74, 6) is -15.1. The van der Waals surface area contributed by atoms with Crippen molar-refractivity contribution in [2.45, 2.75) is 23.7 Å². The third-order valence-corrected chi connectivity index (χ3v) is 12.5. The maximum atomic E-state index is 11.9. The van der Waals surface area contributed by atoms with Gasteiger partial charge in [0.05, 0.1) is 0 Å². The summed E-state index contributed by atoms with van der Waals surface area (Å²) in [6.07, 6.45) is 0. The summed E-state index contributed by atoms with van der Waals surface area (Å²) in [4.78, 5) is 0. The number of phenolic OH excluding ortho intramolecular Hbond substituents is 16. The molecule has 0 aliphatic heterocycles. The van der Waals surface area contributed by atoms with Crippen LogP contribution in [0.4, 0.5) is 0 Å². The van der Waals surface area contributed by atoms with Crippen molar-refractivity contribution >= 4 is 0 Å². The molecule has 0 fully saturated rings. The normalized spacial score (nSPS) is 16.6. The molecule has 0 saturated heterocycles. The highest BCUT2D eigenvalue weighted by Gasteiger charge is 2.36. The van der Waals surface area contributed by atoms with Gasteiger partial charge in [0.1, 0.15) is 46.0 Å². The van der Waals surface area contributed by atoms with Crippen molar-refractivity contribution in [3.8, 4) is 92.0 Å². The number of aromatic hydroxyl groups is 16. The third-order valence-electron chi connectivity index (χ3n) is 12.5. The number of benzene rings is 8. The number of hydrogen-bond donors (Lipinski definition) is 16. The molecule has 9 rings (SSSR count). The second-order valence-corrected chi connectivity index (χ2v) is 16.6. The van der Waals surface area contributed by atoms with E-state index in [1.54, 1.807) is 0 Å². The molecule has 0 atom stereocenters. The third kappa shape index (κ3) is 7.31. The van der Waals surface area contributed by atoms with E-state index in [2.05, 4.69) is 0 Å². The second-order valence-electron chi connectivity index (χ2n) is 16.6. The average Bonchev–Trinajstić information content (AvgIpc) is 3.27. The van der Waals surface area contributed by atoms with E-state index >= 15 is 0 Å². The Morgan fingerprint density at radius 2 is 0.324 bits per heavy atom. The molecule has 16 N–H and O–H groups in total. The van der Waals surface area contributed by atoms with Gasteiger partial charge in [-0.05, 0) is 95.1 Å². The molecule has 8 aromatic carbocycles. The SMILES string of the molecule is Oc1ccc(C2c3cc(c(O)cc3O)C(c3ccc(O)c(O)c3)c3cc(c(O)cc3O)C(c3ccc(O)c(O)c3)c3cc(c(O)cc3O)C(c3ccc(O)c(O)c3)c3cc2c(O)cc3O)cc1O. The molecule has 8 aromatic rings. The Labute approximate surface area is 384 Å². The van der Waals surface area contributed by atoms with E-state index in [0.29, 0.717) is 0 Å². The first-order chi connectivity index (χ1) is 32.3. The van der Waals surface area contributed by atoms with Crippen LogP contribution in [0, 0.1) is 0 Å². The summed E-state index contributed by atoms with van der Waals surface area (Å²) in [7, 11) is 0. The Kier molecular flexibility index (Phi) is 10.4. The lowest BCUT2D eigenvalue weighted by molar-refractivity contribution is 0.402. The van der Waals surface area contributed by atoms with E-state index in [1.165, 1.54) is 48.5 Å². The molecule has 16 heteroatoms. The molecule has 0 amide bonds. The first-order valence-electron chi connectivity index (χ1n) is 20.6. The lowest BCUT2D eigenvalue weighted by Gasteiger charge is -2.30. The monoisotopic (exact) mass is 920 g/mol. The molecule has 1 aliphatic carbocycles. The molecular weight excluding hydrogens is 881 g/mol. The second kappa shape index (κ2) is 16.2. The smallest absolute Gasteiger partial charge is 0.157 e. The Morgan fingerprint density at radius 1 is 0.162 bits per heavy atom. The summed E-state index contributed by atoms with van der Waals surface area (Å²) in [6.45, 7) is 0. The average molecular weight is 921 g/mol. The fourth-order valence-corrected chi connectivity index (χ4v) is 9.28. The fourth-order valence-electron chi connectivity index (χ4n) is 9.28. The van der Waals surface area contributed by atoms with E-state index < -0.39 is 116 Å². The van der Waals surface area contributed by atoms with E-state index in [1.807, 2.05) is 0 Å². The molecule has 8 bridgehead atoms. The zero-order valence-electron chi connectivity index (χ0n) is 35.0. The van der Waals surface area contributed by atoms with Crippen LogP contribution in [0.25, 0.3) is 0 Å². The first-order valence-corrected chi connectivity index (χ1v) is 20.6. The van der Waals surface area contributed by atoms with Gasteiger partial charge >= 0.3 is 0 Å². The van der Waals surface area contributed by atoms with Gasteiger partial charge in [0.15, 0.2) is 46.0 Å². The molecular formula is C52H40O16. The topological polar surface area (TPSA) is 324 Å². The highest BCUT2D eigenvalue weighted by atomic mass is 16.3. The molecule has 16 nitrogen and oxygen atoms in total. The van der Waals surface area contributed by atoms with Crippen LogP contribution in [-0.2, 0) is 0 Å².